The van der Waals surface area contributed by atoms with Crippen LogP contribution in [-0.4, -0.2) is 13.0 Å². The number of hydrogen-bond acceptors (Lipinski definition) is 2. The minimum atomic E-state index is -0.177. The molecule has 0 saturated carbocycles. The Labute approximate surface area is 61.0 Å². The third kappa shape index (κ3) is 3.25. The highest BCUT2D eigenvalue weighted by atomic mass is 16.6. The van der Waals surface area contributed by atoms with Gasteiger partial charge in [-0.05, 0) is 13.3 Å². The highest BCUT2D eigenvalue weighted by molar-refractivity contribution is 5.91. The zero-order valence-corrected chi connectivity index (χ0v) is 6.60. The van der Waals surface area contributed by atoms with Crippen LogP contribution in [-0.2, 0) is 9.63 Å². The summed E-state index contributed by atoms with van der Waals surface area (Å²) >= 11 is 0. The largest absolute Gasteiger partial charge is 0.277 e. The van der Waals surface area contributed by atoms with E-state index in [1.54, 1.807) is 6.92 Å². The van der Waals surface area contributed by atoms with Crippen molar-refractivity contribution in [3.05, 3.63) is 11.6 Å². The van der Waals surface area contributed by atoms with E-state index >= 15 is 0 Å². The number of hydroxylamine groups is 1. The molecule has 0 saturated heterocycles. The van der Waals surface area contributed by atoms with E-state index in [4.69, 9.17) is 0 Å². The molecule has 0 fully saturated rings. The van der Waals surface area contributed by atoms with Gasteiger partial charge in [-0.1, -0.05) is 13.0 Å². The van der Waals surface area contributed by atoms with E-state index < -0.39 is 0 Å². The molecule has 0 aromatic heterocycles. The summed E-state index contributed by atoms with van der Waals surface area (Å²) < 4.78 is 0. The quantitative estimate of drug-likeness (QED) is 0.473. The van der Waals surface area contributed by atoms with Crippen molar-refractivity contribution in [2.45, 2.75) is 20.3 Å². The van der Waals surface area contributed by atoms with Crippen molar-refractivity contribution in [3.63, 3.8) is 0 Å². The predicted octanol–water partition coefficient (Wildman–Crippen LogP) is 1.02. The normalized spacial score (nSPS) is 11.3. The van der Waals surface area contributed by atoms with Gasteiger partial charge in [0.15, 0.2) is 0 Å². The molecule has 1 amide bonds. The molecule has 0 heterocycles. The molecule has 0 unspecified atom stereocenters. The fraction of sp³-hybridized carbons (Fsp3) is 0.571. The van der Waals surface area contributed by atoms with Crippen LogP contribution >= 0.6 is 0 Å². The molecule has 0 aliphatic heterocycles. The third-order valence-corrected chi connectivity index (χ3v) is 1.06. The van der Waals surface area contributed by atoms with Crippen LogP contribution in [0.3, 0.4) is 0 Å². The maximum absolute atomic E-state index is 10.8. The lowest BCUT2D eigenvalue weighted by molar-refractivity contribution is -0.127. The van der Waals surface area contributed by atoms with Crippen LogP contribution < -0.4 is 5.48 Å². The van der Waals surface area contributed by atoms with Crippen LogP contribution in [0.2, 0.25) is 0 Å². The van der Waals surface area contributed by atoms with Crippen LogP contribution in [0.1, 0.15) is 20.3 Å². The van der Waals surface area contributed by atoms with Gasteiger partial charge in [0.25, 0.3) is 5.91 Å². The summed E-state index contributed by atoms with van der Waals surface area (Å²) in [5.74, 6) is -0.177. The first-order valence-corrected chi connectivity index (χ1v) is 3.22. The first kappa shape index (κ1) is 9.17. The minimum Gasteiger partial charge on any atom is -0.277 e. The van der Waals surface area contributed by atoms with Crippen molar-refractivity contribution in [1.29, 1.82) is 0 Å². The van der Waals surface area contributed by atoms with Gasteiger partial charge >= 0.3 is 0 Å². The van der Waals surface area contributed by atoms with Crippen LogP contribution in [0, 0.1) is 0 Å². The Morgan fingerprint density at radius 1 is 1.70 bits per heavy atom. The summed E-state index contributed by atoms with van der Waals surface area (Å²) in [4.78, 5) is 15.3. The number of allylic oxidation sites excluding steroid dienone is 1. The molecule has 58 valence electrons. The molecule has 0 spiro atoms. The lowest BCUT2D eigenvalue weighted by Gasteiger charge is -1.99. The number of carbonyl (C=O) groups is 1. The molecule has 0 aromatic rings. The molecule has 3 nitrogen and oxygen atoms in total. The average molecular weight is 143 g/mol. The predicted molar refractivity (Wildman–Crippen MR) is 39.2 cm³/mol. The Kier molecular flexibility index (Phi) is 4.58. The van der Waals surface area contributed by atoms with Gasteiger partial charge in [0.05, 0.1) is 7.11 Å². The monoisotopic (exact) mass is 143 g/mol. The van der Waals surface area contributed by atoms with E-state index in [0.717, 1.165) is 6.42 Å². The van der Waals surface area contributed by atoms with Crippen LogP contribution in [0.5, 0.6) is 0 Å². The van der Waals surface area contributed by atoms with Crippen LogP contribution in [0.4, 0.5) is 0 Å². The van der Waals surface area contributed by atoms with Crippen molar-refractivity contribution < 1.29 is 9.63 Å². The van der Waals surface area contributed by atoms with Gasteiger partial charge in [0.1, 0.15) is 0 Å². The van der Waals surface area contributed by atoms with Gasteiger partial charge in [-0.3, -0.25) is 9.63 Å². The molecule has 0 rings (SSSR count). The van der Waals surface area contributed by atoms with Crippen molar-refractivity contribution in [3.8, 4) is 0 Å². The van der Waals surface area contributed by atoms with Gasteiger partial charge in [-0.2, -0.15) is 0 Å². The Morgan fingerprint density at radius 2 is 2.30 bits per heavy atom. The Bertz CT molecular complexity index is 141. The summed E-state index contributed by atoms with van der Waals surface area (Å²) in [5, 5.41) is 0. The SMILES string of the molecule is CCC=C(C)C(=O)NOC. The number of amides is 1. The van der Waals surface area contributed by atoms with Gasteiger partial charge in [-0.15, -0.1) is 0 Å². The van der Waals surface area contributed by atoms with Gasteiger partial charge < -0.3 is 0 Å². The van der Waals surface area contributed by atoms with Crippen molar-refractivity contribution in [2.24, 2.45) is 0 Å². The molecule has 0 aromatic carbocycles. The second-order valence-electron chi connectivity index (χ2n) is 1.93. The average Bonchev–Trinajstić information content (AvgIpc) is 1.89. The highest BCUT2D eigenvalue weighted by Crippen LogP contribution is 1.93. The van der Waals surface area contributed by atoms with E-state index in [1.807, 2.05) is 13.0 Å². The maximum Gasteiger partial charge on any atom is 0.270 e. The summed E-state index contributed by atoms with van der Waals surface area (Å²) in [6, 6.07) is 0. The van der Waals surface area contributed by atoms with Crippen LogP contribution in [0.25, 0.3) is 0 Å². The number of nitrogens with one attached hydrogen (secondary N) is 1. The fourth-order valence-corrected chi connectivity index (χ4v) is 0.572. The Balaban J connectivity index is 3.82. The summed E-state index contributed by atoms with van der Waals surface area (Å²) in [5.41, 5.74) is 2.91. The number of carbonyl (C=O) groups excluding carboxylic acids is 1. The summed E-state index contributed by atoms with van der Waals surface area (Å²) in [6.07, 6.45) is 2.71. The molecule has 0 atom stereocenters. The molecular weight excluding hydrogens is 130 g/mol. The second-order valence-corrected chi connectivity index (χ2v) is 1.93. The molecule has 10 heavy (non-hydrogen) atoms. The van der Waals surface area contributed by atoms with Crippen molar-refractivity contribution >= 4 is 5.91 Å². The van der Waals surface area contributed by atoms with E-state index in [0.29, 0.717) is 5.57 Å². The molecule has 0 aliphatic rings. The number of rotatable bonds is 3. The molecule has 0 radical (unpaired) electrons. The van der Waals surface area contributed by atoms with E-state index in [1.165, 1.54) is 7.11 Å². The van der Waals surface area contributed by atoms with Crippen LogP contribution in [0.15, 0.2) is 11.6 Å². The summed E-state index contributed by atoms with van der Waals surface area (Å²) in [7, 11) is 1.41. The van der Waals surface area contributed by atoms with Crippen molar-refractivity contribution in [2.75, 3.05) is 7.11 Å². The first-order chi connectivity index (χ1) is 4.72. The Hall–Kier alpha value is -0.830. The lowest BCUT2D eigenvalue weighted by atomic mass is 10.2. The van der Waals surface area contributed by atoms with Crippen molar-refractivity contribution in [1.82, 2.24) is 5.48 Å². The number of hydrogen-bond donors (Lipinski definition) is 1. The maximum atomic E-state index is 10.8. The first-order valence-electron chi connectivity index (χ1n) is 3.22. The van der Waals surface area contributed by atoms with E-state index in [-0.39, 0.29) is 5.91 Å². The lowest BCUT2D eigenvalue weighted by Crippen LogP contribution is -2.22. The molecule has 3 heteroatoms. The summed E-state index contributed by atoms with van der Waals surface area (Å²) in [6.45, 7) is 3.72. The molecular formula is C7H13NO2. The van der Waals surface area contributed by atoms with E-state index in [9.17, 15) is 4.79 Å². The molecule has 0 bridgehead atoms. The molecule has 1 N–H and O–H groups in total. The van der Waals surface area contributed by atoms with Gasteiger partial charge in [0, 0.05) is 5.57 Å². The van der Waals surface area contributed by atoms with Gasteiger partial charge in [-0.25, -0.2) is 5.48 Å². The second kappa shape index (κ2) is 4.99. The van der Waals surface area contributed by atoms with E-state index in [2.05, 4.69) is 10.3 Å². The standard InChI is InChI=1S/C7H13NO2/c1-4-5-6(2)7(9)8-10-3/h5H,4H2,1-3H3,(H,8,9). The topological polar surface area (TPSA) is 38.3 Å². The smallest absolute Gasteiger partial charge is 0.270 e. The molecule has 0 aliphatic carbocycles. The van der Waals surface area contributed by atoms with Gasteiger partial charge in [0.2, 0.25) is 0 Å². The zero-order valence-electron chi connectivity index (χ0n) is 6.60. The zero-order chi connectivity index (χ0) is 7.98. The third-order valence-electron chi connectivity index (χ3n) is 1.06. The Morgan fingerprint density at radius 3 is 2.70 bits per heavy atom. The minimum absolute atomic E-state index is 0.177. The highest BCUT2D eigenvalue weighted by Gasteiger charge is 1.99. The fourth-order valence-electron chi connectivity index (χ4n) is 0.572.